The Bertz CT molecular complexity index is 771. The van der Waals surface area contributed by atoms with E-state index in [4.69, 9.17) is 37.3 Å². The number of nitrogens with zero attached hydrogens (tertiary/aromatic N) is 4. The number of carbonyl (C=O) groups excluding carboxylic acids is 2. The van der Waals surface area contributed by atoms with Crippen molar-refractivity contribution < 1.29 is 50.0 Å². The first kappa shape index (κ1) is 46.5. The van der Waals surface area contributed by atoms with E-state index in [0.717, 1.165) is 13.2 Å². The Labute approximate surface area is 241 Å². The van der Waals surface area contributed by atoms with Gasteiger partial charge in [-0.15, -0.1) is 0 Å². The van der Waals surface area contributed by atoms with Crippen molar-refractivity contribution in [2.45, 2.75) is 74.7 Å². The normalized spacial score (nSPS) is 11.6. The van der Waals surface area contributed by atoms with Crippen molar-refractivity contribution in [2.24, 2.45) is 17.4 Å². The van der Waals surface area contributed by atoms with Crippen LogP contribution in [0.25, 0.3) is 0 Å². The number of esters is 1. The number of nitrogens with two attached hydrogens (primary N) is 2. The van der Waals surface area contributed by atoms with Crippen LogP contribution in [0.15, 0.2) is 23.0 Å². The molecule has 36 heavy (non-hydrogen) atoms. The van der Waals surface area contributed by atoms with Crippen LogP contribution in [0.4, 0.5) is 0 Å². The number of nitriles is 4. The van der Waals surface area contributed by atoms with Gasteiger partial charge >= 0.3 is 35.5 Å². The summed E-state index contributed by atoms with van der Waals surface area (Å²) in [6.45, 7) is 15.5. The van der Waals surface area contributed by atoms with Crippen LogP contribution in [0.3, 0.4) is 0 Å². The smallest absolute Gasteiger partial charge is 1.00 e. The Morgan fingerprint density at radius 1 is 1.03 bits per heavy atom. The number of carbonyl (C=O) groups is 2. The van der Waals surface area contributed by atoms with E-state index in [9.17, 15) is 9.59 Å². The molecule has 1 rings (SSSR count). The molecular formula is C25H43N6NaO4. The standard InChI is InChI=1S/C5H8N2.C5H7NO.C4H6N2.C4H8O2.C4H8O.C3H5N.Na.H/c2*1-4(3-6)5(2)7;1-4(6)2-3-5;1-3-6-4(2)5;1-2-4-5-3-1;1-2-3-4;;/h7H2,1-2H3;4H,1-2H3;2H,6H2,1H3;3H2,1-2H3;1-4H2;2H2,1H3;;/q;;;;;;+1;-1. The van der Waals surface area contributed by atoms with Gasteiger partial charge in [0.15, 0.2) is 0 Å². The maximum atomic E-state index is 10.2. The fraction of sp³-hybridized carbons (Fsp3) is 0.600. The molecule has 11 heteroatoms. The molecule has 0 aromatic heterocycles. The quantitative estimate of drug-likeness (QED) is 0.307. The number of ether oxygens (including phenoxy) is 2. The molecule has 1 aliphatic rings. The van der Waals surface area contributed by atoms with Gasteiger partial charge in [0.05, 0.1) is 30.9 Å². The molecule has 0 saturated carbocycles. The van der Waals surface area contributed by atoms with Gasteiger partial charge in [-0.05, 0) is 54.4 Å². The third-order valence-electron chi connectivity index (χ3n) is 3.19. The van der Waals surface area contributed by atoms with Gasteiger partial charge in [-0.3, -0.25) is 9.59 Å². The molecule has 1 fully saturated rings. The largest absolute Gasteiger partial charge is 1.00 e. The summed E-state index contributed by atoms with van der Waals surface area (Å²) in [5, 5.41) is 31.6. The van der Waals surface area contributed by atoms with Gasteiger partial charge in [-0.2, -0.15) is 21.0 Å². The topological polar surface area (TPSA) is 200 Å². The second kappa shape index (κ2) is 39.4. The van der Waals surface area contributed by atoms with Crippen LogP contribution in [0.1, 0.15) is 76.1 Å². The van der Waals surface area contributed by atoms with Gasteiger partial charge in [-0.1, -0.05) is 6.92 Å². The Morgan fingerprint density at radius 2 is 1.47 bits per heavy atom. The molecule has 10 nitrogen and oxygen atoms in total. The van der Waals surface area contributed by atoms with E-state index in [1.807, 2.05) is 25.1 Å². The molecule has 0 aromatic carbocycles. The molecule has 1 unspecified atom stereocenters. The molecule has 1 saturated heterocycles. The van der Waals surface area contributed by atoms with Crippen LogP contribution < -0.4 is 41.0 Å². The SMILES string of the molecule is C1CCOC1.CC(=O)C(C)C#N.CC(N)=C(C)C#N.CC(N)=CC#N.CCC#N.CCOC(C)=O.[H-].[Na+]. The maximum absolute atomic E-state index is 10.2. The minimum atomic E-state index is -0.431. The summed E-state index contributed by atoms with van der Waals surface area (Å²) in [7, 11) is 0. The molecule has 1 heterocycles. The third kappa shape index (κ3) is 63.3. The molecule has 0 aromatic rings. The summed E-state index contributed by atoms with van der Waals surface area (Å²) in [6.07, 6.45) is 4.47. The number of rotatable bonds is 2. The van der Waals surface area contributed by atoms with Gasteiger partial charge in [0.2, 0.25) is 0 Å². The minimum Gasteiger partial charge on any atom is -1.00 e. The molecule has 0 spiro atoms. The second-order valence-corrected chi connectivity index (χ2v) is 6.65. The summed E-state index contributed by atoms with van der Waals surface area (Å²) >= 11 is 0. The molecule has 198 valence electrons. The Balaban J connectivity index is -0.0000000582. The van der Waals surface area contributed by atoms with Gasteiger partial charge in [0.1, 0.15) is 11.7 Å². The van der Waals surface area contributed by atoms with Crippen molar-refractivity contribution >= 4 is 11.8 Å². The first-order chi connectivity index (χ1) is 16.3. The fourth-order valence-corrected chi connectivity index (χ4v) is 0.994. The van der Waals surface area contributed by atoms with Crippen molar-refractivity contribution in [1.29, 1.82) is 21.0 Å². The molecule has 0 amide bonds. The molecule has 1 aliphatic heterocycles. The molecule has 0 bridgehead atoms. The van der Waals surface area contributed by atoms with E-state index in [2.05, 4.69) is 4.74 Å². The Kier molecular flexibility index (Phi) is 50.8. The monoisotopic (exact) mass is 514 g/mol. The van der Waals surface area contributed by atoms with Gasteiger partial charge in [0, 0.05) is 49.6 Å². The average molecular weight is 515 g/mol. The summed E-state index contributed by atoms with van der Waals surface area (Å²) in [6, 6.07) is 7.44. The van der Waals surface area contributed by atoms with Crippen molar-refractivity contribution in [2.75, 3.05) is 19.8 Å². The maximum Gasteiger partial charge on any atom is 1.00 e. The van der Waals surface area contributed by atoms with Gasteiger partial charge in [0.25, 0.3) is 0 Å². The van der Waals surface area contributed by atoms with Crippen LogP contribution in [0, 0.1) is 51.2 Å². The fourth-order valence-electron chi connectivity index (χ4n) is 0.994. The van der Waals surface area contributed by atoms with Crippen LogP contribution in [0.5, 0.6) is 0 Å². The van der Waals surface area contributed by atoms with E-state index in [1.165, 1.54) is 32.8 Å². The van der Waals surface area contributed by atoms with Gasteiger partial charge < -0.3 is 22.4 Å². The predicted molar refractivity (Wildman–Crippen MR) is 137 cm³/mol. The van der Waals surface area contributed by atoms with Crippen LogP contribution >= 0.6 is 0 Å². The zero-order valence-electron chi connectivity index (χ0n) is 24.5. The first-order valence-corrected chi connectivity index (χ1v) is 10.9. The molecule has 0 aliphatic carbocycles. The van der Waals surface area contributed by atoms with Crippen molar-refractivity contribution in [3.63, 3.8) is 0 Å². The first-order valence-electron chi connectivity index (χ1n) is 10.9. The number of allylic oxidation sites excluding steroid dienone is 4. The Hall–Kier alpha value is -2.86. The van der Waals surface area contributed by atoms with Crippen LogP contribution in [-0.4, -0.2) is 31.6 Å². The van der Waals surface area contributed by atoms with E-state index >= 15 is 0 Å². The predicted octanol–water partition coefficient (Wildman–Crippen LogP) is 1.27. The molecule has 0 radical (unpaired) electrons. The zero-order chi connectivity index (χ0) is 28.7. The van der Waals surface area contributed by atoms with Crippen LogP contribution in [0.2, 0.25) is 0 Å². The molecular weight excluding hydrogens is 471 g/mol. The average Bonchev–Trinajstić information content (AvgIpc) is 3.39. The number of hydrogen-bond donors (Lipinski definition) is 2. The van der Waals surface area contributed by atoms with E-state index in [1.54, 1.807) is 40.7 Å². The summed E-state index contributed by atoms with van der Waals surface area (Å²) in [4.78, 5) is 20.0. The second-order valence-electron chi connectivity index (χ2n) is 6.65. The van der Waals surface area contributed by atoms with Crippen molar-refractivity contribution in [3.8, 4) is 24.3 Å². The third-order valence-corrected chi connectivity index (χ3v) is 3.19. The molecule has 1 atom stereocenters. The zero-order valence-corrected chi connectivity index (χ0v) is 25.5. The van der Waals surface area contributed by atoms with Crippen molar-refractivity contribution in [1.82, 2.24) is 0 Å². The van der Waals surface area contributed by atoms with Gasteiger partial charge in [-0.25, -0.2) is 0 Å². The summed E-state index contributed by atoms with van der Waals surface area (Å²) < 4.78 is 9.35. The number of ketones is 1. The van der Waals surface area contributed by atoms with Crippen molar-refractivity contribution in [3.05, 3.63) is 23.0 Å². The minimum absolute atomic E-state index is 0. The van der Waals surface area contributed by atoms with Crippen LogP contribution in [-0.2, 0) is 19.1 Å². The van der Waals surface area contributed by atoms with E-state index in [-0.39, 0.29) is 42.7 Å². The Morgan fingerprint density at radius 3 is 1.50 bits per heavy atom. The van der Waals surface area contributed by atoms with E-state index < -0.39 is 5.92 Å². The number of hydrogen-bond acceptors (Lipinski definition) is 10. The summed E-state index contributed by atoms with van der Waals surface area (Å²) in [5.41, 5.74) is 12.0. The summed E-state index contributed by atoms with van der Waals surface area (Å²) in [5.74, 6) is -0.708. The number of Topliss-reactive ketones (excluding diaryl/α,β-unsaturated/α-hetero) is 1. The molecule has 4 N–H and O–H groups in total. The van der Waals surface area contributed by atoms with E-state index in [0.29, 0.717) is 30.0 Å².